The molecule has 0 amide bonds. The molecule has 13 heavy (non-hydrogen) atoms. The summed E-state index contributed by atoms with van der Waals surface area (Å²) in [6, 6.07) is 1.35. The standard InChI is InChI=1S/C12H27N/c1-6-8-9-12(11(5)7-2)13-10(3)4/h10-13H,6-9H2,1-5H3. The second kappa shape index (κ2) is 7.37. The van der Waals surface area contributed by atoms with Gasteiger partial charge in [-0.15, -0.1) is 0 Å². The molecule has 0 aliphatic heterocycles. The summed E-state index contributed by atoms with van der Waals surface area (Å²) in [5.41, 5.74) is 0. The van der Waals surface area contributed by atoms with Gasteiger partial charge in [0.1, 0.15) is 0 Å². The topological polar surface area (TPSA) is 12.0 Å². The van der Waals surface area contributed by atoms with Gasteiger partial charge in [-0.1, -0.05) is 53.9 Å². The molecule has 0 saturated heterocycles. The number of hydrogen-bond donors (Lipinski definition) is 1. The van der Waals surface area contributed by atoms with Crippen molar-refractivity contribution < 1.29 is 0 Å². The molecule has 1 N–H and O–H groups in total. The average molecular weight is 185 g/mol. The molecule has 0 aliphatic carbocycles. The van der Waals surface area contributed by atoms with Gasteiger partial charge in [0.05, 0.1) is 0 Å². The van der Waals surface area contributed by atoms with Crippen molar-refractivity contribution in [3.8, 4) is 0 Å². The van der Waals surface area contributed by atoms with Crippen molar-refractivity contribution in [2.45, 2.75) is 72.4 Å². The third-order valence-electron chi connectivity index (χ3n) is 2.75. The van der Waals surface area contributed by atoms with Crippen molar-refractivity contribution in [1.29, 1.82) is 0 Å². The molecule has 0 radical (unpaired) electrons. The van der Waals surface area contributed by atoms with Crippen molar-refractivity contribution in [3.63, 3.8) is 0 Å². The maximum absolute atomic E-state index is 3.67. The Morgan fingerprint density at radius 2 is 1.69 bits per heavy atom. The highest BCUT2D eigenvalue weighted by atomic mass is 14.9. The molecule has 0 bridgehead atoms. The fraction of sp³-hybridized carbons (Fsp3) is 1.00. The summed E-state index contributed by atoms with van der Waals surface area (Å²) in [6.45, 7) is 11.4. The monoisotopic (exact) mass is 185 g/mol. The van der Waals surface area contributed by atoms with Gasteiger partial charge >= 0.3 is 0 Å². The highest BCUT2D eigenvalue weighted by Gasteiger charge is 2.15. The van der Waals surface area contributed by atoms with Crippen LogP contribution in [-0.2, 0) is 0 Å². The number of rotatable bonds is 7. The van der Waals surface area contributed by atoms with Crippen molar-refractivity contribution >= 4 is 0 Å². The smallest absolute Gasteiger partial charge is 0.00949 e. The summed E-state index contributed by atoms with van der Waals surface area (Å²) < 4.78 is 0. The Bertz CT molecular complexity index is 110. The third kappa shape index (κ3) is 6.09. The molecule has 0 aromatic rings. The van der Waals surface area contributed by atoms with Crippen LogP contribution in [0.25, 0.3) is 0 Å². The molecule has 0 fully saturated rings. The summed E-state index contributed by atoms with van der Waals surface area (Å²) in [6.07, 6.45) is 5.29. The van der Waals surface area contributed by atoms with Crippen LogP contribution in [0.3, 0.4) is 0 Å². The summed E-state index contributed by atoms with van der Waals surface area (Å²) in [5, 5.41) is 3.67. The van der Waals surface area contributed by atoms with Crippen LogP contribution in [0.1, 0.15) is 60.3 Å². The number of nitrogens with one attached hydrogen (secondary N) is 1. The Labute approximate surface area is 84.3 Å². The quantitative estimate of drug-likeness (QED) is 0.639. The molecular formula is C12H27N. The lowest BCUT2D eigenvalue weighted by atomic mass is 9.94. The zero-order valence-corrected chi connectivity index (χ0v) is 10.1. The fourth-order valence-corrected chi connectivity index (χ4v) is 1.67. The Morgan fingerprint density at radius 1 is 1.08 bits per heavy atom. The van der Waals surface area contributed by atoms with E-state index >= 15 is 0 Å². The van der Waals surface area contributed by atoms with Crippen LogP contribution in [0.2, 0.25) is 0 Å². The Balaban J connectivity index is 3.87. The van der Waals surface area contributed by atoms with E-state index in [1.807, 2.05) is 0 Å². The van der Waals surface area contributed by atoms with Crippen LogP contribution in [-0.4, -0.2) is 12.1 Å². The Hall–Kier alpha value is -0.0400. The SMILES string of the molecule is CCCCC(NC(C)C)C(C)CC. The number of unbranched alkanes of at least 4 members (excludes halogenated alkanes) is 1. The second-order valence-corrected chi connectivity index (χ2v) is 4.46. The fourth-order valence-electron chi connectivity index (χ4n) is 1.67. The maximum atomic E-state index is 3.67. The molecule has 0 aromatic heterocycles. The van der Waals surface area contributed by atoms with Crippen LogP contribution in [0.4, 0.5) is 0 Å². The molecule has 0 aromatic carbocycles. The number of hydrogen-bond acceptors (Lipinski definition) is 1. The Morgan fingerprint density at radius 3 is 2.08 bits per heavy atom. The third-order valence-corrected chi connectivity index (χ3v) is 2.75. The first kappa shape index (κ1) is 13.0. The first-order valence-corrected chi connectivity index (χ1v) is 5.87. The zero-order chi connectivity index (χ0) is 10.3. The Kier molecular flexibility index (Phi) is 7.35. The van der Waals surface area contributed by atoms with E-state index in [-0.39, 0.29) is 0 Å². The van der Waals surface area contributed by atoms with E-state index < -0.39 is 0 Å². The van der Waals surface area contributed by atoms with Gasteiger partial charge in [-0.05, 0) is 12.3 Å². The molecule has 0 heterocycles. The average Bonchev–Trinajstić information content (AvgIpc) is 2.10. The van der Waals surface area contributed by atoms with Gasteiger partial charge in [0.25, 0.3) is 0 Å². The largest absolute Gasteiger partial charge is 0.312 e. The lowest BCUT2D eigenvalue weighted by Crippen LogP contribution is -2.39. The minimum Gasteiger partial charge on any atom is -0.312 e. The molecular weight excluding hydrogens is 158 g/mol. The molecule has 0 aliphatic rings. The van der Waals surface area contributed by atoms with E-state index in [0.717, 1.165) is 12.0 Å². The van der Waals surface area contributed by atoms with Gasteiger partial charge in [0, 0.05) is 12.1 Å². The molecule has 0 saturated carbocycles. The molecule has 0 rings (SSSR count). The van der Waals surface area contributed by atoms with Gasteiger partial charge in [0.15, 0.2) is 0 Å². The predicted octanol–water partition coefficient (Wildman–Crippen LogP) is 3.59. The van der Waals surface area contributed by atoms with E-state index in [0.29, 0.717) is 6.04 Å². The molecule has 1 heteroatoms. The van der Waals surface area contributed by atoms with Gasteiger partial charge in [-0.25, -0.2) is 0 Å². The first-order valence-electron chi connectivity index (χ1n) is 5.87. The molecule has 1 nitrogen and oxygen atoms in total. The minimum absolute atomic E-state index is 0.621. The van der Waals surface area contributed by atoms with Crippen LogP contribution in [0, 0.1) is 5.92 Å². The van der Waals surface area contributed by atoms with Crippen molar-refractivity contribution in [3.05, 3.63) is 0 Å². The lowest BCUT2D eigenvalue weighted by molar-refractivity contribution is 0.320. The van der Waals surface area contributed by atoms with Crippen LogP contribution in [0.15, 0.2) is 0 Å². The second-order valence-electron chi connectivity index (χ2n) is 4.46. The lowest BCUT2D eigenvalue weighted by Gasteiger charge is -2.26. The highest BCUT2D eigenvalue weighted by Crippen LogP contribution is 2.14. The molecule has 0 spiro atoms. The van der Waals surface area contributed by atoms with Crippen LogP contribution >= 0.6 is 0 Å². The summed E-state index contributed by atoms with van der Waals surface area (Å²) in [4.78, 5) is 0. The molecule has 2 atom stereocenters. The van der Waals surface area contributed by atoms with E-state index in [4.69, 9.17) is 0 Å². The summed E-state index contributed by atoms with van der Waals surface area (Å²) in [7, 11) is 0. The normalized spacial score (nSPS) is 16.2. The molecule has 2 unspecified atom stereocenters. The maximum Gasteiger partial charge on any atom is 0.00949 e. The van der Waals surface area contributed by atoms with Crippen molar-refractivity contribution in [2.75, 3.05) is 0 Å². The predicted molar refractivity (Wildman–Crippen MR) is 61.0 cm³/mol. The summed E-state index contributed by atoms with van der Waals surface area (Å²) >= 11 is 0. The van der Waals surface area contributed by atoms with Gasteiger partial charge in [-0.2, -0.15) is 0 Å². The van der Waals surface area contributed by atoms with Gasteiger partial charge in [0.2, 0.25) is 0 Å². The first-order chi connectivity index (χ1) is 6.11. The zero-order valence-electron chi connectivity index (χ0n) is 10.1. The molecule has 80 valence electrons. The van der Waals surface area contributed by atoms with E-state index in [1.54, 1.807) is 0 Å². The van der Waals surface area contributed by atoms with Crippen molar-refractivity contribution in [2.24, 2.45) is 5.92 Å². The van der Waals surface area contributed by atoms with Gasteiger partial charge < -0.3 is 5.32 Å². The van der Waals surface area contributed by atoms with E-state index in [2.05, 4.69) is 39.9 Å². The van der Waals surface area contributed by atoms with Crippen LogP contribution in [0.5, 0.6) is 0 Å². The van der Waals surface area contributed by atoms with Crippen LogP contribution < -0.4 is 5.32 Å². The summed E-state index contributed by atoms with van der Waals surface area (Å²) in [5.74, 6) is 0.814. The highest BCUT2D eigenvalue weighted by molar-refractivity contribution is 4.74. The van der Waals surface area contributed by atoms with Gasteiger partial charge in [-0.3, -0.25) is 0 Å². The van der Waals surface area contributed by atoms with E-state index in [9.17, 15) is 0 Å². The van der Waals surface area contributed by atoms with Crippen molar-refractivity contribution in [1.82, 2.24) is 5.32 Å². The van der Waals surface area contributed by atoms with E-state index in [1.165, 1.54) is 25.7 Å². The minimum atomic E-state index is 0.621.